The Hall–Kier alpha value is -3.03. The van der Waals surface area contributed by atoms with E-state index in [0.29, 0.717) is 21.5 Å². The molecule has 27 heavy (non-hydrogen) atoms. The Morgan fingerprint density at radius 2 is 1.74 bits per heavy atom. The summed E-state index contributed by atoms with van der Waals surface area (Å²) in [4.78, 5) is 26.0. The summed E-state index contributed by atoms with van der Waals surface area (Å²) in [5.74, 6) is 0.351. The number of hydrogen-bond donors (Lipinski definition) is 2. The lowest BCUT2D eigenvalue weighted by Gasteiger charge is -2.06. The molecule has 1 amide bonds. The van der Waals surface area contributed by atoms with Gasteiger partial charge in [0.1, 0.15) is 10.7 Å². The van der Waals surface area contributed by atoms with Crippen LogP contribution in [0.15, 0.2) is 54.6 Å². The third-order valence-electron chi connectivity index (χ3n) is 3.84. The van der Waals surface area contributed by atoms with E-state index in [9.17, 15) is 4.79 Å². The molecule has 0 atom stereocenters. The number of halogens is 1. The van der Waals surface area contributed by atoms with E-state index in [4.69, 9.17) is 11.6 Å². The van der Waals surface area contributed by atoms with E-state index in [2.05, 4.69) is 25.6 Å². The van der Waals surface area contributed by atoms with Crippen molar-refractivity contribution in [3.8, 4) is 0 Å². The molecule has 6 nitrogen and oxygen atoms in total. The first-order valence-corrected chi connectivity index (χ1v) is 9.33. The van der Waals surface area contributed by atoms with Crippen molar-refractivity contribution in [2.24, 2.45) is 0 Å². The molecule has 0 unspecified atom stereocenters. The van der Waals surface area contributed by atoms with Crippen LogP contribution >= 0.6 is 22.9 Å². The molecule has 2 N–H and O–H groups in total. The second-order valence-corrected chi connectivity index (χ2v) is 7.07. The zero-order valence-corrected chi connectivity index (χ0v) is 15.8. The predicted molar refractivity (Wildman–Crippen MR) is 109 cm³/mol. The summed E-state index contributed by atoms with van der Waals surface area (Å²) in [7, 11) is 0. The van der Waals surface area contributed by atoms with Gasteiger partial charge in [0, 0.05) is 11.1 Å². The second-order valence-electron chi connectivity index (χ2n) is 5.74. The van der Waals surface area contributed by atoms with Crippen molar-refractivity contribution >= 4 is 56.4 Å². The van der Waals surface area contributed by atoms with Gasteiger partial charge in [-0.1, -0.05) is 41.7 Å². The van der Waals surface area contributed by atoms with E-state index >= 15 is 0 Å². The molecule has 0 aliphatic heterocycles. The van der Waals surface area contributed by atoms with Crippen LogP contribution in [0.3, 0.4) is 0 Å². The standard InChI is InChI=1S/C19H14ClN5OS/c1-11-15(17(26)22-12-7-3-2-4-8-12)27-19(21-11)25-16-13-9-5-6-10-14(13)23-18(20)24-16/h2-10H,1H3,(H,22,26)(H,21,23,24,25). The number of fused-ring (bicyclic) bond motifs is 1. The summed E-state index contributed by atoms with van der Waals surface area (Å²) in [6.45, 7) is 1.80. The van der Waals surface area contributed by atoms with Gasteiger partial charge in [-0.2, -0.15) is 4.98 Å². The number of amides is 1. The molecule has 0 radical (unpaired) electrons. The second kappa shape index (κ2) is 7.30. The van der Waals surface area contributed by atoms with Crippen LogP contribution < -0.4 is 10.6 Å². The van der Waals surface area contributed by atoms with E-state index in [1.807, 2.05) is 54.6 Å². The van der Waals surface area contributed by atoms with Gasteiger partial charge in [-0.15, -0.1) is 0 Å². The van der Waals surface area contributed by atoms with Crippen LogP contribution in [-0.4, -0.2) is 20.9 Å². The first-order valence-electron chi connectivity index (χ1n) is 8.13. The van der Waals surface area contributed by atoms with Crippen molar-refractivity contribution in [3.63, 3.8) is 0 Å². The number of aromatic nitrogens is 3. The SMILES string of the molecule is Cc1nc(Nc2nc(Cl)nc3ccccc23)sc1C(=O)Nc1ccccc1. The molecule has 0 spiro atoms. The van der Waals surface area contributed by atoms with Gasteiger partial charge in [-0.25, -0.2) is 9.97 Å². The smallest absolute Gasteiger partial charge is 0.267 e. The summed E-state index contributed by atoms with van der Waals surface area (Å²) in [6.07, 6.45) is 0. The molecule has 0 saturated carbocycles. The van der Waals surface area contributed by atoms with Crippen molar-refractivity contribution in [2.45, 2.75) is 6.92 Å². The quantitative estimate of drug-likeness (QED) is 0.473. The molecular weight excluding hydrogens is 382 g/mol. The number of thiazole rings is 1. The van der Waals surface area contributed by atoms with Crippen molar-refractivity contribution in [1.82, 2.24) is 15.0 Å². The minimum absolute atomic E-state index is 0.145. The van der Waals surface area contributed by atoms with Gasteiger partial charge < -0.3 is 10.6 Å². The van der Waals surface area contributed by atoms with Crippen LogP contribution in [0.5, 0.6) is 0 Å². The Labute approximate surface area is 164 Å². The number of nitrogens with one attached hydrogen (secondary N) is 2. The highest BCUT2D eigenvalue weighted by Crippen LogP contribution is 2.29. The monoisotopic (exact) mass is 395 g/mol. The molecule has 2 aromatic carbocycles. The molecule has 0 bridgehead atoms. The number of rotatable bonds is 4. The minimum atomic E-state index is -0.199. The number of carbonyl (C=O) groups excluding carboxylic acids is 1. The van der Waals surface area contributed by atoms with Gasteiger partial charge in [-0.05, 0) is 42.8 Å². The topological polar surface area (TPSA) is 79.8 Å². The average molecular weight is 396 g/mol. The van der Waals surface area contributed by atoms with Gasteiger partial charge in [-0.3, -0.25) is 4.79 Å². The molecule has 0 saturated heterocycles. The lowest BCUT2D eigenvalue weighted by molar-refractivity contribution is 0.103. The fourth-order valence-corrected chi connectivity index (χ4v) is 3.65. The molecule has 2 heterocycles. The van der Waals surface area contributed by atoms with Gasteiger partial charge >= 0.3 is 0 Å². The molecule has 134 valence electrons. The minimum Gasteiger partial charge on any atom is -0.321 e. The van der Waals surface area contributed by atoms with Crippen LogP contribution in [0.2, 0.25) is 5.28 Å². The largest absolute Gasteiger partial charge is 0.321 e. The van der Waals surface area contributed by atoms with E-state index < -0.39 is 0 Å². The molecule has 0 aliphatic rings. The fourth-order valence-electron chi connectivity index (χ4n) is 2.61. The van der Waals surface area contributed by atoms with Crippen LogP contribution in [0.25, 0.3) is 10.9 Å². The first kappa shape index (κ1) is 17.4. The number of aryl methyl sites for hydroxylation is 1. The van der Waals surface area contributed by atoms with Crippen molar-refractivity contribution in [2.75, 3.05) is 10.6 Å². The Bertz CT molecular complexity index is 1130. The zero-order chi connectivity index (χ0) is 18.8. The maximum atomic E-state index is 12.6. The van der Waals surface area contributed by atoms with Crippen molar-refractivity contribution < 1.29 is 4.79 Å². The summed E-state index contributed by atoms with van der Waals surface area (Å²) in [5.41, 5.74) is 2.11. The molecule has 2 aromatic heterocycles. The average Bonchev–Trinajstić information content (AvgIpc) is 3.03. The van der Waals surface area contributed by atoms with Gasteiger partial charge in [0.2, 0.25) is 5.28 Å². The van der Waals surface area contributed by atoms with Crippen molar-refractivity contribution in [1.29, 1.82) is 0 Å². The van der Waals surface area contributed by atoms with E-state index in [1.165, 1.54) is 11.3 Å². The molecule has 4 rings (SSSR count). The Morgan fingerprint density at radius 1 is 1.00 bits per heavy atom. The highest BCUT2D eigenvalue weighted by atomic mass is 35.5. The van der Waals surface area contributed by atoms with E-state index in [0.717, 1.165) is 16.6 Å². The summed E-state index contributed by atoms with van der Waals surface area (Å²) in [5, 5.41) is 7.56. The van der Waals surface area contributed by atoms with Crippen LogP contribution in [0, 0.1) is 6.92 Å². The number of anilines is 3. The summed E-state index contributed by atoms with van der Waals surface area (Å²) < 4.78 is 0. The van der Waals surface area contributed by atoms with Gasteiger partial charge in [0.05, 0.1) is 11.2 Å². The third-order valence-corrected chi connectivity index (χ3v) is 5.08. The lowest BCUT2D eigenvalue weighted by Crippen LogP contribution is -2.11. The van der Waals surface area contributed by atoms with Crippen LogP contribution in [-0.2, 0) is 0 Å². The Morgan fingerprint density at radius 3 is 2.56 bits per heavy atom. The molecule has 4 aromatic rings. The highest BCUT2D eigenvalue weighted by Gasteiger charge is 2.17. The maximum Gasteiger partial charge on any atom is 0.267 e. The van der Waals surface area contributed by atoms with Crippen molar-refractivity contribution in [3.05, 3.63) is 70.5 Å². The molecule has 0 fully saturated rings. The zero-order valence-electron chi connectivity index (χ0n) is 14.2. The number of para-hydroxylation sites is 2. The fraction of sp³-hybridized carbons (Fsp3) is 0.0526. The lowest BCUT2D eigenvalue weighted by atomic mass is 10.2. The normalized spacial score (nSPS) is 10.7. The maximum absolute atomic E-state index is 12.6. The third kappa shape index (κ3) is 3.74. The first-order chi connectivity index (χ1) is 13.1. The number of nitrogens with zero attached hydrogens (tertiary/aromatic N) is 3. The number of carbonyl (C=O) groups is 1. The summed E-state index contributed by atoms with van der Waals surface area (Å²) >= 11 is 7.28. The summed E-state index contributed by atoms with van der Waals surface area (Å²) in [6, 6.07) is 16.8. The van der Waals surface area contributed by atoms with Gasteiger partial charge in [0.25, 0.3) is 5.91 Å². The van der Waals surface area contributed by atoms with Crippen LogP contribution in [0.1, 0.15) is 15.4 Å². The predicted octanol–water partition coefficient (Wildman–Crippen LogP) is 5.04. The molecular formula is C19H14ClN5OS. The van der Waals surface area contributed by atoms with E-state index in [-0.39, 0.29) is 11.2 Å². The molecule has 0 aliphatic carbocycles. The van der Waals surface area contributed by atoms with Gasteiger partial charge in [0.15, 0.2) is 5.13 Å². The Kier molecular flexibility index (Phi) is 4.70. The number of benzene rings is 2. The van der Waals surface area contributed by atoms with E-state index in [1.54, 1.807) is 6.92 Å². The highest BCUT2D eigenvalue weighted by molar-refractivity contribution is 7.17. The van der Waals surface area contributed by atoms with Crippen LogP contribution in [0.4, 0.5) is 16.6 Å². The molecule has 8 heteroatoms. The number of hydrogen-bond acceptors (Lipinski definition) is 6. The Balaban J connectivity index is 1.62.